The van der Waals surface area contributed by atoms with E-state index in [0.717, 1.165) is 19.5 Å². The van der Waals surface area contributed by atoms with Gasteiger partial charge in [-0.25, -0.2) is 0 Å². The molecule has 1 aromatic carbocycles. The van der Waals surface area contributed by atoms with Crippen LogP contribution in [0.2, 0.25) is 0 Å². The van der Waals surface area contributed by atoms with Crippen molar-refractivity contribution in [3.05, 3.63) is 35.9 Å². The summed E-state index contributed by atoms with van der Waals surface area (Å²) in [4.78, 5) is 0. The SMILES string of the molecule is c1ccc(COCO[C@H]2CCCNC2)cc1. The van der Waals surface area contributed by atoms with Crippen molar-refractivity contribution in [3.63, 3.8) is 0 Å². The Morgan fingerprint density at radius 1 is 1.25 bits per heavy atom. The van der Waals surface area contributed by atoms with Gasteiger partial charge in [0, 0.05) is 6.54 Å². The number of hydrogen-bond donors (Lipinski definition) is 1. The predicted molar refractivity (Wildman–Crippen MR) is 63.1 cm³/mol. The highest BCUT2D eigenvalue weighted by Gasteiger charge is 2.12. The quantitative estimate of drug-likeness (QED) is 0.609. The topological polar surface area (TPSA) is 30.5 Å². The molecule has 1 atom stereocenters. The molecule has 1 aliphatic heterocycles. The Balaban J connectivity index is 1.58. The van der Waals surface area contributed by atoms with Crippen LogP contribution in [-0.2, 0) is 16.1 Å². The number of ether oxygens (including phenoxy) is 2. The normalized spacial score (nSPS) is 20.9. The summed E-state index contributed by atoms with van der Waals surface area (Å²) in [5, 5.41) is 3.31. The van der Waals surface area contributed by atoms with E-state index in [9.17, 15) is 0 Å². The minimum Gasteiger partial charge on any atom is -0.351 e. The third kappa shape index (κ3) is 3.93. The van der Waals surface area contributed by atoms with E-state index in [4.69, 9.17) is 9.47 Å². The van der Waals surface area contributed by atoms with Gasteiger partial charge in [0.15, 0.2) is 0 Å². The summed E-state index contributed by atoms with van der Waals surface area (Å²) in [5.74, 6) is 0. The van der Waals surface area contributed by atoms with Crippen LogP contribution in [0.3, 0.4) is 0 Å². The predicted octanol–water partition coefficient (Wildman–Crippen LogP) is 1.93. The molecule has 1 saturated heterocycles. The lowest BCUT2D eigenvalue weighted by Crippen LogP contribution is -2.35. The van der Waals surface area contributed by atoms with Gasteiger partial charge in [-0.3, -0.25) is 0 Å². The Bertz CT molecular complexity index is 283. The van der Waals surface area contributed by atoms with Crippen molar-refractivity contribution in [2.75, 3.05) is 19.9 Å². The zero-order chi connectivity index (χ0) is 11.1. The lowest BCUT2D eigenvalue weighted by atomic mass is 10.1. The second kappa shape index (κ2) is 6.63. The van der Waals surface area contributed by atoms with E-state index < -0.39 is 0 Å². The van der Waals surface area contributed by atoms with Crippen LogP contribution >= 0.6 is 0 Å². The van der Waals surface area contributed by atoms with Crippen molar-refractivity contribution in [3.8, 4) is 0 Å². The molecule has 0 aliphatic carbocycles. The number of piperidine rings is 1. The van der Waals surface area contributed by atoms with Crippen LogP contribution in [0.4, 0.5) is 0 Å². The largest absolute Gasteiger partial charge is 0.351 e. The lowest BCUT2D eigenvalue weighted by Gasteiger charge is -2.22. The van der Waals surface area contributed by atoms with Crippen LogP contribution in [-0.4, -0.2) is 26.0 Å². The molecular weight excluding hydrogens is 202 g/mol. The molecule has 1 N–H and O–H groups in total. The number of benzene rings is 1. The van der Waals surface area contributed by atoms with Gasteiger partial charge in [-0.1, -0.05) is 30.3 Å². The minimum atomic E-state index is 0.324. The first kappa shape index (κ1) is 11.6. The third-order valence-electron chi connectivity index (χ3n) is 2.75. The maximum Gasteiger partial charge on any atom is 0.147 e. The summed E-state index contributed by atoms with van der Waals surface area (Å²) in [6, 6.07) is 10.2. The van der Waals surface area contributed by atoms with Crippen LogP contribution < -0.4 is 5.32 Å². The average Bonchev–Trinajstić information content (AvgIpc) is 2.37. The van der Waals surface area contributed by atoms with Gasteiger partial charge in [-0.05, 0) is 24.9 Å². The van der Waals surface area contributed by atoms with E-state index in [0.29, 0.717) is 19.5 Å². The van der Waals surface area contributed by atoms with Gasteiger partial charge < -0.3 is 14.8 Å². The van der Waals surface area contributed by atoms with Crippen molar-refractivity contribution >= 4 is 0 Å². The second-order valence-electron chi connectivity index (χ2n) is 4.09. The molecule has 1 aromatic rings. The summed E-state index contributed by atoms with van der Waals surface area (Å²) in [5.41, 5.74) is 1.19. The Labute approximate surface area is 96.8 Å². The van der Waals surface area contributed by atoms with E-state index in [2.05, 4.69) is 17.4 Å². The summed E-state index contributed by atoms with van der Waals surface area (Å²) >= 11 is 0. The lowest BCUT2D eigenvalue weighted by molar-refractivity contribution is -0.100. The van der Waals surface area contributed by atoms with Gasteiger partial charge in [0.25, 0.3) is 0 Å². The van der Waals surface area contributed by atoms with Gasteiger partial charge >= 0.3 is 0 Å². The van der Waals surface area contributed by atoms with Crippen molar-refractivity contribution in [2.45, 2.75) is 25.6 Å². The Kier molecular flexibility index (Phi) is 4.80. The first-order valence-electron chi connectivity index (χ1n) is 5.89. The highest BCUT2D eigenvalue weighted by molar-refractivity contribution is 5.13. The van der Waals surface area contributed by atoms with E-state index in [-0.39, 0.29) is 0 Å². The maximum absolute atomic E-state index is 5.62. The number of nitrogens with one attached hydrogen (secondary N) is 1. The molecule has 2 rings (SSSR count). The standard InChI is InChI=1S/C13H19NO2/c1-2-5-12(6-3-1)10-15-11-16-13-7-4-8-14-9-13/h1-3,5-6,13-14H,4,7-11H2/t13-/m0/s1. The first-order chi connectivity index (χ1) is 7.95. The fourth-order valence-electron chi connectivity index (χ4n) is 1.84. The maximum atomic E-state index is 5.62. The zero-order valence-corrected chi connectivity index (χ0v) is 9.52. The molecule has 0 radical (unpaired) electrons. The number of rotatable bonds is 5. The molecule has 1 heterocycles. The third-order valence-corrected chi connectivity index (χ3v) is 2.75. The minimum absolute atomic E-state index is 0.324. The van der Waals surface area contributed by atoms with Crippen LogP contribution in [0.1, 0.15) is 18.4 Å². The van der Waals surface area contributed by atoms with Crippen molar-refractivity contribution in [1.29, 1.82) is 0 Å². The molecular formula is C13H19NO2. The fraction of sp³-hybridized carbons (Fsp3) is 0.538. The van der Waals surface area contributed by atoms with Gasteiger partial charge in [0.2, 0.25) is 0 Å². The Hall–Kier alpha value is -0.900. The summed E-state index contributed by atoms with van der Waals surface area (Å²) in [6.45, 7) is 3.08. The highest BCUT2D eigenvalue weighted by Crippen LogP contribution is 2.06. The molecule has 0 aromatic heterocycles. The summed E-state index contributed by atoms with van der Waals surface area (Å²) in [6.07, 6.45) is 2.66. The zero-order valence-electron chi connectivity index (χ0n) is 9.52. The molecule has 3 heteroatoms. The van der Waals surface area contributed by atoms with Gasteiger partial charge in [-0.2, -0.15) is 0 Å². The molecule has 0 spiro atoms. The molecule has 0 amide bonds. The summed E-state index contributed by atoms with van der Waals surface area (Å²) < 4.78 is 11.1. The molecule has 88 valence electrons. The monoisotopic (exact) mass is 221 g/mol. The number of hydrogen-bond acceptors (Lipinski definition) is 3. The average molecular weight is 221 g/mol. The van der Waals surface area contributed by atoms with E-state index in [1.54, 1.807) is 0 Å². The van der Waals surface area contributed by atoms with Crippen molar-refractivity contribution < 1.29 is 9.47 Å². The van der Waals surface area contributed by atoms with Crippen LogP contribution in [0.15, 0.2) is 30.3 Å². The van der Waals surface area contributed by atoms with E-state index >= 15 is 0 Å². The van der Waals surface area contributed by atoms with Crippen molar-refractivity contribution in [1.82, 2.24) is 5.32 Å². The van der Waals surface area contributed by atoms with E-state index in [1.165, 1.54) is 12.0 Å². The summed E-state index contributed by atoms with van der Waals surface area (Å²) in [7, 11) is 0. The molecule has 0 unspecified atom stereocenters. The van der Waals surface area contributed by atoms with Gasteiger partial charge in [0.1, 0.15) is 6.79 Å². The van der Waals surface area contributed by atoms with E-state index in [1.807, 2.05) is 18.2 Å². The van der Waals surface area contributed by atoms with Crippen LogP contribution in [0.5, 0.6) is 0 Å². The van der Waals surface area contributed by atoms with Crippen LogP contribution in [0.25, 0.3) is 0 Å². The van der Waals surface area contributed by atoms with Crippen LogP contribution in [0, 0.1) is 0 Å². The second-order valence-corrected chi connectivity index (χ2v) is 4.09. The smallest absolute Gasteiger partial charge is 0.147 e. The highest BCUT2D eigenvalue weighted by atomic mass is 16.7. The Morgan fingerprint density at radius 3 is 2.88 bits per heavy atom. The Morgan fingerprint density at radius 2 is 2.12 bits per heavy atom. The molecule has 0 saturated carbocycles. The molecule has 1 aliphatic rings. The molecule has 3 nitrogen and oxygen atoms in total. The van der Waals surface area contributed by atoms with Crippen molar-refractivity contribution in [2.24, 2.45) is 0 Å². The molecule has 1 fully saturated rings. The molecule has 16 heavy (non-hydrogen) atoms. The van der Waals surface area contributed by atoms with Gasteiger partial charge in [0.05, 0.1) is 12.7 Å². The first-order valence-corrected chi connectivity index (χ1v) is 5.89. The van der Waals surface area contributed by atoms with Gasteiger partial charge in [-0.15, -0.1) is 0 Å². The fourth-order valence-corrected chi connectivity index (χ4v) is 1.84. The molecule has 0 bridgehead atoms.